The molecule has 2 atom stereocenters. The van der Waals surface area contributed by atoms with Gasteiger partial charge in [0.05, 0.1) is 6.04 Å². The summed E-state index contributed by atoms with van der Waals surface area (Å²) in [5.74, 6) is -3.26. The fraction of sp³-hybridized carbons (Fsp3) is 0.571. The molecule has 1 aromatic carbocycles. The van der Waals surface area contributed by atoms with E-state index in [1.54, 1.807) is 13.0 Å². The van der Waals surface area contributed by atoms with Gasteiger partial charge in [-0.15, -0.1) is 4.72 Å². The van der Waals surface area contributed by atoms with Crippen LogP contribution in [-0.4, -0.2) is 21.0 Å². The van der Waals surface area contributed by atoms with Gasteiger partial charge in [-0.3, -0.25) is 0 Å². The Bertz CT molecular complexity index is 449. The lowest BCUT2D eigenvalue weighted by Crippen LogP contribution is -2.40. The van der Waals surface area contributed by atoms with E-state index in [1.165, 1.54) is 18.2 Å². The van der Waals surface area contributed by atoms with Gasteiger partial charge in [0.1, 0.15) is 11.4 Å². The highest BCUT2D eigenvalue weighted by atomic mass is 32.2. The van der Waals surface area contributed by atoms with Gasteiger partial charge in [0, 0.05) is 16.9 Å². The molecule has 0 aliphatic heterocycles. The number of aliphatic hydroxyl groups is 1. The van der Waals surface area contributed by atoms with Gasteiger partial charge in [0.15, 0.2) is 0 Å². The van der Waals surface area contributed by atoms with Crippen molar-refractivity contribution >= 4 is 11.4 Å². The van der Waals surface area contributed by atoms with Gasteiger partial charge in [-0.2, -0.15) is 8.78 Å². The molecule has 3 nitrogen and oxygen atoms in total. The van der Waals surface area contributed by atoms with E-state index in [4.69, 9.17) is 5.11 Å². The maximum Gasteiger partial charge on any atom is 0.295 e. The maximum atomic E-state index is 13.4. The summed E-state index contributed by atoms with van der Waals surface area (Å²) in [5, 5.41) is 8.71. The molecule has 0 aliphatic carbocycles. The SMILES string of the molecule is C[C@@H](N[S+]([O-])C(C)(C)C)c1cccc(C(F)(F)CO)c1. The van der Waals surface area contributed by atoms with Crippen LogP contribution < -0.4 is 4.72 Å². The molecule has 114 valence electrons. The number of nitrogens with one attached hydrogen (secondary N) is 1. The summed E-state index contributed by atoms with van der Waals surface area (Å²) in [4.78, 5) is 0. The number of hydrogen-bond donors (Lipinski definition) is 2. The first kappa shape index (κ1) is 17.4. The summed E-state index contributed by atoms with van der Waals surface area (Å²) in [6.45, 7) is 6.03. The summed E-state index contributed by atoms with van der Waals surface area (Å²) in [6, 6.07) is 5.46. The van der Waals surface area contributed by atoms with Gasteiger partial charge >= 0.3 is 0 Å². The van der Waals surface area contributed by atoms with E-state index in [0.29, 0.717) is 5.56 Å². The van der Waals surface area contributed by atoms with E-state index in [1.807, 2.05) is 20.8 Å². The van der Waals surface area contributed by atoms with Crippen LogP contribution in [0.2, 0.25) is 0 Å². The molecule has 1 aromatic rings. The lowest BCUT2D eigenvalue weighted by Gasteiger charge is -2.27. The first-order chi connectivity index (χ1) is 9.08. The van der Waals surface area contributed by atoms with Crippen LogP contribution in [0.15, 0.2) is 24.3 Å². The Balaban J connectivity index is 2.90. The molecule has 0 spiro atoms. The van der Waals surface area contributed by atoms with Gasteiger partial charge in [-0.25, -0.2) is 0 Å². The summed E-state index contributed by atoms with van der Waals surface area (Å²) < 4.78 is 41.4. The van der Waals surface area contributed by atoms with Crippen LogP contribution >= 0.6 is 0 Å². The Morgan fingerprint density at radius 2 is 1.95 bits per heavy atom. The van der Waals surface area contributed by atoms with Crippen molar-refractivity contribution < 1.29 is 18.4 Å². The van der Waals surface area contributed by atoms with E-state index in [-0.39, 0.29) is 11.6 Å². The number of aliphatic hydroxyl groups excluding tert-OH is 1. The second-order valence-corrected chi connectivity index (χ2v) is 7.71. The van der Waals surface area contributed by atoms with Gasteiger partial charge in [-0.05, 0) is 39.3 Å². The molecular formula is C14H21F2NO2S. The fourth-order valence-corrected chi connectivity index (χ4v) is 2.34. The number of alkyl halides is 2. The summed E-state index contributed by atoms with van der Waals surface area (Å²) in [6.07, 6.45) is 0. The zero-order chi connectivity index (χ0) is 15.6. The minimum absolute atomic E-state index is 0.243. The molecule has 0 heterocycles. The Hall–Kier alpha value is -0.690. The largest absolute Gasteiger partial charge is 0.598 e. The van der Waals surface area contributed by atoms with Gasteiger partial charge in [0.2, 0.25) is 0 Å². The Morgan fingerprint density at radius 3 is 2.45 bits per heavy atom. The molecule has 2 N–H and O–H groups in total. The van der Waals surface area contributed by atoms with Crippen molar-refractivity contribution in [3.8, 4) is 0 Å². The molecule has 1 unspecified atom stereocenters. The predicted octanol–water partition coefficient (Wildman–Crippen LogP) is 2.88. The summed E-state index contributed by atoms with van der Waals surface area (Å²) in [5.41, 5.74) is 0.362. The monoisotopic (exact) mass is 305 g/mol. The van der Waals surface area contributed by atoms with Crippen molar-refractivity contribution in [1.82, 2.24) is 4.72 Å². The minimum atomic E-state index is -3.26. The van der Waals surface area contributed by atoms with E-state index in [9.17, 15) is 13.3 Å². The molecule has 0 fully saturated rings. The number of rotatable bonds is 5. The Morgan fingerprint density at radius 1 is 1.35 bits per heavy atom. The van der Waals surface area contributed by atoms with Crippen molar-refractivity contribution in [2.24, 2.45) is 0 Å². The first-order valence-electron chi connectivity index (χ1n) is 6.35. The molecule has 0 aliphatic rings. The van der Waals surface area contributed by atoms with Crippen molar-refractivity contribution in [2.75, 3.05) is 6.61 Å². The normalized spacial score (nSPS) is 16.0. The zero-order valence-electron chi connectivity index (χ0n) is 12.1. The lowest BCUT2D eigenvalue weighted by molar-refractivity contribution is -0.0556. The van der Waals surface area contributed by atoms with Crippen molar-refractivity contribution in [3.05, 3.63) is 35.4 Å². The van der Waals surface area contributed by atoms with E-state index in [2.05, 4.69) is 4.72 Å². The average Bonchev–Trinajstić information content (AvgIpc) is 2.37. The fourth-order valence-electron chi connectivity index (χ4n) is 1.53. The molecule has 0 saturated heterocycles. The summed E-state index contributed by atoms with van der Waals surface area (Å²) >= 11 is -1.28. The van der Waals surface area contributed by atoms with Crippen LogP contribution in [-0.2, 0) is 17.3 Å². The predicted molar refractivity (Wildman–Crippen MR) is 76.9 cm³/mol. The maximum absolute atomic E-state index is 13.4. The molecule has 0 bridgehead atoms. The van der Waals surface area contributed by atoms with Crippen LogP contribution in [0.25, 0.3) is 0 Å². The Kier molecular flexibility index (Phi) is 5.54. The lowest BCUT2D eigenvalue weighted by atomic mass is 10.0. The van der Waals surface area contributed by atoms with Crippen LogP contribution in [0.4, 0.5) is 8.78 Å². The Labute approximate surface area is 121 Å². The third-order valence-electron chi connectivity index (χ3n) is 2.85. The van der Waals surface area contributed by atoms with E-state index >= 15 is 0 Å². The molecule has 0 aromatic heterocycles. The van der Waals surface area contributed by atoms with Crippen LogP contribution in [0.3, 0.4) is 0 Å². The molecule has 6 heteroatoms. The highest BCUT2D eigenvalue weighted by molar-refractivity contribution is 7.90. The highest BCUT2D eigenvalue weighted by Gasteiger charge is 2.32. The van der Waals surface area contributed by atoms with Crippen LogP contribution in [0, 0.1) is 0 Å². The van der Waals surface area contributed by atoms with Crippen LogP contribution in [0.5, 0.6) is 0 Å². The molecule has 0 amide bonds. The third kappa shape index (κ3) is 4.41. The average molecular weight is 305 g/mol. The molecule has 20 heavy (non-hydrogen) atoms. The van der Waals surface area contributed by atoms with Crippen molar-refractivity contribution in [2.45, 2.75) is 44.4 Å². The van der Waals surface area contributed by atoms with Crippen molar-refractivity contribution in [3.63, 3.8) is 0 Å². The van der Waals surface area contributed by atoms with E-state index in [0.717, 1.165) is 0 Å². The molecule has 0 radical (unpaired) electrons. The second kappa shape index (κ2) is 6.39. The van der Waals surface area contributed by atoms with Gasteiger partial charge in [0.25, 0.3) is 5.92 Å². The molecule has 0 saturated carbocycles. The highest BCUT2D eigenvalue weighted by Crippen LogP contribution is 2.29. The third-order valence-corrected chi connectivity index (χ3v) is 4.53. The van der Waals surface area contributed by atoms with Gasteiger partial charge < -0.3 is 9.66 Å². The van der Waals surface area contributed by atoms with Crippen molar-refractivity contribution in [1.29, 1.82) is 0 Å². The first-order valence-corrected chi connectivity index (χ1v) is 7.50. The van der Waals surface area contributed by atoms with Gasteiger partial charge in [-0.1, -0.05) is 18.2 Å². The number of benzene rings is 1. The minimum Gasteiger partial charge on any atom is -0.598 e. The smallest absolute Gasteiger partial charge is 0.295 e. The number of halogens is 2. The zero-order valence-corrected chi connectivity index (χ0v) is 12.9. The molecule has 1 rings (SSSR count). The second-order valence-electron chi connectivity index (χ2n) is 5.71. The van der Waals surface area contributed by atoms with E-state index < -0.39 is 28.6 Å². The molecular weight excluding hydrogens is 284 g/mol. The van der Waals surface area contributed by atoms with Crippen LogP contribution in [0.1, 0.15) is 44.9 Å². The topological polar surface area (TPSA) is 55.3 Å². The standard InChI is InChI=1S/C14H21F2NO2S/c1-10(17-20(19)13(2,3)4)11-6-5-7-12(8-11)14(15,16)9-18/h5-8,10,17-18H,9H2,1-4H3/t10-,20?/m1/s1. The quantitative estimate of drug-likeness (QED) is 0.823. The number of hydrogen-bond acceptors (Lipinski definition) is 3. The summed E-state index contributed by atoms with van der Waals surface area (Å²) in [7, 11) is 0.